The molecule has 0 bridgehead atoms. The minimum atomic E-state index is -3.33. The summed E-state index contributed by atoms with van der Waals surface area (Å²) < 4.78 is 25.5. The van der Waals surface area contributed by atoms with Crippen LogP contribution in [0.3, 0.4) is 0 Å². The molecule has 0 heterocycles. The van der Waals surface area contributed by atoms with Crippen LogP contribution in [0.5, 0.6) is 0 Å². The lowest BCUT2D eigenvalue weighted by Gasteiger charge is -2.37. The third-order valence-electron chi connectivity index (χ3n) is 4.14. The molecular formula is C15H23NO2S. The second kappa shape index (κ2) is 5.25. The van der Waals surface area contributed by atoms with E-state index >= 15 is 0 Å². The van der Waals surface area contributed by atoms with Crippen LogP contribution in [-0.2, 0) is 9.84 Å². The van der Waals surface area contributed by atoms with Gasteiger partial charge in [0, 0.05) is 6.04 Å². The van der Waals surface area contributed by atoms with Crippen LogP contribution in [0, 0.1) is 18.8 Å². The van der Waals surface area contributed by atoms with Gasteiger partial charge in [-0.15, -0.1) is 0 Å². The molecule has 1 aliphatic carbocycles. The first-order chi connectivity index (χ1) is 8.82. The van der Waals surface area contributed by atoms with E-state index in [1.165, 1.54) is 0 Å². The second-order valence-corrected chi connectivity index (χ2v) is 8.15. The zero-order valence-electron chi connectivity index (χ0n) is 11.8. The molecule has 4 atom stereocenters. The van der Waals surface area contributed by atoms with E-state index in [-0.39, 0.29) is 12.0 Å². The molecule has 1 aromatic carbocycles. The van der Waals surface area contributed by atoms with Crippen LogP contribution in [0.1, 0.15) is 32.3 Å². The maximum Gasteiger partial charge on any atom is 0.183 e. The summed E-state index contributed by atoms with van der Waals surface area (Å²) >= 11 is 0. The van der Waals surface area contributed by atoms with E-state index in [2.05, 4.69) is 6.92 Å². The fourth-order valence-corrected chi connectivity index (χ4v) is 5.43. The summed E-state index contributed by atoms with van der Waals surface area (Å²) in [5.41, 5.74) is 7.20. The Balaban J connectivity index is 2.36. The number of nitrogens with two attached hydrogens (primary N) is 1. The van der Waals surface area contributed by atoms with E-state index in [0.29, 0.717) is 10.8 Å². The number of benzene rings is 1. The molecule has 1 fully saturated rings. The van der Waals surface area contributed by atoms with Gasteiger partial charge in [-0.05, 0) is 43.7 Å². The predicted octanol–water partition coefficient (Wildman–Crippen LogP) is 2.53. The third-order valence-corrected chi connectivity index (χ3v) is 6.60. The lowest BCUT2D eigenvalue weighted by molar-refractivity contribution is 0.271. The zero-order valence-corrected chi connectivity index (χ0v) is 12.7. The van der Waals surface area contributed by atoms with Gasteiger partial charge in [0.1, 0.15) is 0 Å². The molecule has 4 heteroatoms. The third kappa shape index (κ3) is 2.84. The molecule has 2 N–H and O–H groups in total. The highest BCUT2D eigenvalue weighted by Crippen LogP contribution is 2.35. The first-order valence-corrected chi connectivity index (χ1v) is 8.43. The minimum absolute atomic E-state index is 0.116. The highest BCUT2D eigenvalue weighted by atomic mass is 32.2. The highest BCUT2D eigenvalue weighted by molar-refractivity contribution is 7.92. The van der Waals surface area contributed by atoms with E-state index in [1.807, 2.05) is 26.0 Å². The van der Waals surface area contributed by atoms with Crippen LogP contribution in [-0.4, -0.2) is 19.7 Å². The molecule has 19 heavy (non-hydrogen) atoms. The predicted molar refractivity (Wildman–Crippen MR) is 77.7 cm³/mol. The van der Waals surface area contributed by atoms with E-state index in [9.17, 15) is 8.42 Å². The fraction of sp³-hybridized carbons (Fsp3) is 0.600. The summed E-state index contributed by atoms with van der Waals surface area (Å²) in [6, 6.07) is 6.82. The van der Waals surface area contributed by atoms with E-state index in [0.717, 1.165) is 18.4 Å². The topological polar surface area (TPSA) is 60.2 Å². The lowest BCUT2D eigenvalue weighted by atomic mass is 9.80. The normalized spacial score (nSPS) is 32.2. The van der Waals surface area contributed by atoms with Gasteiger partial charge in [-0.3, -0.25) is 0 Å². The molecule has 2 rings (SSSR count). The maximum atomic E-state index is 12.7. The molecule has 0 radical (unpaired) electrons. The van der Waals surface area contributed by atoms with Crippen molar-refractivity contribution in [3.63, 3.8) is 0 Å². The van der Waals surface area contributed by atoms with Crippen LogP contribution in [0.25, 0.3) is 0 Å². The standard InChI is InChI=1S/C15H23NO2S/c1-10-4-6-13(7-5-10)19(17,18)15-12(3)8-11(2)9-14(15)16/h4-7,11-12,14-15H,8-9,16H2,1-3H3. The summed E-state index contributed by atoms with van der Waals surface area (Å²) in [4.78, 5) is 0.403. The van der Waals surface area contributed by atoms with Gasteiger partial charge >= 0.3 is 0 Å². The van der Waals surface area contributed by atoms with Gasteiger partial charge in [0.15, 0.2) is 9.84 Å². The smallest absolute Gasteiger partial charge is 0.183 e. The molecule has 1 aromatic rings. The molecule has 3 nitrogen and oxygen atoms in total. The Bertz CT molecular complexity index is 524. The molecule has 106 valence electrons. The molecule has 0 spiro atoms. The van der Waals surface area contributed by atoms with Crippen molar-refractivity contribution in [2.75, 3.05) is 0 Å². The van der Waals surface area contributed by atoms with Crippen molar-refractivity contribution in [3.05, 3.63) is 29.8 Å². The first kappa shape index (κ1) is 14.5. The quantitative estimate of drug-likeness (QED) is 0.906. The highest BCUT2D eigenvalue weighted by Gasteiger charge is 2.41. The van der Waals surface area contributed by atoms with Gasteiger partial charge in [-0.25, -0.2) is 8.42 Å². The summed E-state index contributed by atoms with van der Waals surface area (Å²) in [5, 5.41) is -0.452. The Kier molecular flexibility index (Phi) is 4.02. The van der Waals surface area contributed by atoms with Gasteiger partial charge in [-0.1, -0.05) is 31.5 Å². The molecule has 0 aromatic heterocycles. The zero-order chi connectivity index (χ0) is 14.2. The Morgan fingerprint density at radius 3 is 2.21 bits per heavy atom. The van der Waals surface area contributed by atoms with Crippen LogP contribution in [0.2, 0.25) is 0 Å². The maximum absolute atomic E-state index is 12.7. The van der Waals surface area contributed by atoms with Gasteiger partial charge < -0.3 is 5.73 Å². The number of sulfone groups is 1. The lowest BCUT2D eigenvalue weighted by Crippen LogP contribution is -2.49. The van der Waals surface area contributed by atoms with E-state index in [1.54, 1.807) is 12.1 Å². The average Bonchev–Trinajstić information content (AvgIpc) is 2.27. The molecule has 0 aliphatic heterocycles. The molecule has 4 unspecified atom stereocenters. The summed E-state index contributed by atoms with van der Waals surface area (Å²) in [5.74, 6) is 0.625. The molecule has 1 saturated carbocycles. The largest absolute Gasteiger partial charge is 0.326 e. The molecular weight excluding hydrogens is 258 g/mol. The van der Waals surface area contributed by atoms with Gasteiger partial charge in [0.05, 0.1) is 10.1 Å². The molecule has 0 saturated heterocycles. The summed E-state index contributed by atoms with van der Waals surface area (Å²) in [6.45, 7) is 6.10. The van der Waals surface area contributed by atoms with Crippen LogP contribution in [0.15, 0.2) is 29.2 Å². The fourth-order valence-electron chi connectivity index (χ4n) is 3.31. The second-order valence-electron chi connectivity index (χ2n) is 6.04. The SMILES string of the molecule is Cc1ccc(S(=O)(=O)C2C(C)CC(C)CC2N)cc1. The number of hydrogen-bond acceptors (Lipinski definition) is 3. The number of rotatable bonds is 2. The Morgan fingerprint density at radius 2 is 1.68 bits per heavy atom. The van der Waals surface area contributed by atoms with Crippen molar-refractivity contribution in [3.8, 4) is 0 Å². The van der Waals surface area contributed by atoms with Gasteiger partial charge in [-0.2, -0.15) is 0 Å². The summed E-state index contributed by atoms with van der Waals surface area (Å²) in [6.07, 6.45) is 1.73. The van der Waals surface area contributed by atoms with Gasteiger partial charge in [0.2, 0.25) is 0 Å². The first-order valence-electron chi connectivity index (χ1n) is 6.88. The Hall–Kier alpha value is -0.870. The minimum Gasteiger partial charge on any atom is -0.326 e. The average molecular weight is 281 g/mol. The van der Waals surface area contributed by atoms with Gasteiger partial charge in [0.25, 0.3) is 0 Å². The van der Waals surface area contributed by atoms with Crippen LogP contribution >= 0.6 is 0 Å². The van der Waals surface area contributed by atoms with Crippen molar-refractivity contribution >= 4 is 9.84 Å². The van der Waals surface area contributed by atoms with Crippen molar-refractivity contribution in [2.24, 2.45) is 17.6 Å². The van der Waals surface area contributed by atoms with E-state index in [4.69, 9.17) is 5.73 Å². The van der Waals surface area contributed by atoms with Crippen LogP contribution < -0.4 is 5.73 Å². The summed E-state index contributed by atoms with van der Waals surface area (Å²) in [7, 11) is -3.33. The van der Waals surface area contributed by atoms with Crippen molar-refractivity contribution in [1.29, 1.82) is 0 Å². The monoisotopic (exact) mass is 281 g/mol. The van der Waals surface area contributed by atoms with Crippen LogP contribution in [0.4, 0.5) is 0 Å². The Morgan fingerprint density at radius 1 is 1.11 bits per heavy atom. The number of hydrogen-bond donors (Lipinski definition) is 1. The Labute approximate surface area is 116 Å². The van der Waals surface area contributed by atoms with Crippen molar-refractivity contribution in [2.45, 2.75) is 49.8 Å². The number of aryl methyl sites for hydroxylation is 1. The van der Waals surface area contributed by atoms with E-state index < -0.39 is 15.1 Å². The van der Waals surface area contributed by atoms with Crippen molar-refractivity contribution < 1.29 is 8.42 Å². The van der Waals surface area contributed by atoms with Crippen molar-refractivity contribution in [1.82, 2.24) is 0 Å². The molecule has 1 aliphatic rings. The molecule has 0 amide bonds.